The normalized spacial score (nSPS) is 9.43. The monoisotopic (exact) mass is 164 g/mol. The second kappa shape index (κ2) is 6.48. The van der Waals surface area contributed by atoms with Gasteiger partial charge >= 0.3 is 52.7 Å². The molecule has 0 spiro atoms. The maximum atomic E-state index is 5.21. The quantitative estimate of drug-likeness (QED) is 0.395. The fourth-order valence-corrected chi connectivity index (χ4v) is 0.757. The van der Waals surface area contributed by atoms with E-state index >= 15 is 0 Å². The predicted octanol–water partition coefficient (Wildman–Crippen LogP) is -1.41. The van der Waals surface area contributed by atoms with Crippen molar-refractivity contribution < 1.29 is 0 Å². The van der Waals surface area contributed by atoms with E-state index in [9.17, 15) is 0 Å². The molecule has 7 heavy (non-hydrogen) atoms. The average Bonchev–Trinajstić information content (AvgIpc) is 1.69. The first kappa shape index (κ1) is 7.48. The van der Waals surface area contributed by atoms with Gasteiger partial charge < -0.3 is 0 Å². The summed E-state index contributed by atoms with van der Waals surface area (Å²) in [6, 6.07) is 0. The molecule has 44 valence electrons. The van der Waals surface area contributed by atoms with Crippen LogP contribution in [0.2, 0.25) is 5.21 Å². The van der Waals surface area contributed by atoms with Crippen molar-refractivity contribution in [1.82, 2.24) is 5.32 Å². The second-order valence-corrected chi connectivity index (χ2v) is 2.54. The molecular formula is C4H13AsN2. The molecule has 0 aliphatic heterocycles. The standard InChI is InChI=1S/C4H13AsN2/c5-1-3-7-4-2-6/h7H,1-6H2. The van der Waals surface area contributed by atoms with Crippen LogP contribution in [0.5, 0.6) is 0 Å². The topological polar surface area (TPSA) is 38.0 Å². The fourth-order valence-electron chi connectivity index (χ4n) is 0.329. The summed E-state index contributed by atoms with van der Waals surface area (Å²) in [5.74, 6) is 0. The van der Waals surface area contributed by atoms with E-state index in [4.69, 9.17) is 5.73 Å². The Labute approximate surface area is 53.3 Å². The molecule has 0 amide bonds. The van der Waals surface area contributed by atoms with E-state index in [-0.39, 0.29) is 0 Å². The molecular weight excluding hydrogens is 151 g/mol. The van der Waals surface area contributed by atoms with Gasteiger partial charge in [-0.05, 0) is 0 Å². The van der Waals surface area contributed by atoms with Gasteiger partial charge in [0.05, 0.1) is 0 Å². The molecule has 0 aromatic carbocycles. The summed E-state index contributed by atoms with van der Waals surface area (Å²) >= 11 is 1.76. The number of hydrogen-bond donors (Lipinski definition) is 2. The zero-order chi connectivity index (χ0) is 5.54. The third-order valence-electron chi connectivity index (χ3n) is 0.642. The Kier molecular flexibility index (Phi) is 6.92. The molecule has 0 aliphatic rings. The van der Waals surface area contributed by atoms with Crippen LogP contribution in [0.1, 0.15) is 0 Å². The van der Waals surface area contributed by atoms with Gasteiger partial charge in [0, 0.05) is 0 Å². The van der Waals surface area contributed by atoms with Gasteiger partial charge in [0.15, 0.2) is 0 Å². The molecule has 1 atom stereocenters. The van der Waals surface area contributed by atoms with Crippen LogP contribution in [0.4, 0.5) is 0 Å². The van der Waals surface area contributed by atoms with Gasteiger partial charge in [-0.25, -0.2) is 0 Å². The molecule has 3 N–H and O–H groups in total. The third-order valence-corrected chi connectivity index (χ3v) is 1.25. The van der Waals surface area contributed by atoms with Crippen LogP contribution in [-0.4, -0.2) is 36.5 Å². The van der Waals surface area contributed by atoms with E-state index < -0.39 is 0 Å². The third kappa shape index (κ3) is 6.48. The second-order valence-electron chi connectivity index (χ2n) is 1.33. The molecule has 2 nitrogen and oxygen atoms in total. The van der Waals surface area contributed by atoms with E-state index in [1.807, 2.05) is 0 Å². The van der Waals surface area contributed by atoms with E-state index in [1.165, 1.54) is 5.21 Å². The van der Waals surface area contributed by atoms with Crippen LogP contribution >= 0.6 is 0 Å². The molecule has 0 radical (unpaired) electrons. The first-order chi connectivity index (χ1) is 3.41. The summed E-state index contributed by atoms with van der Waals surface area (Å²) in [5, 5.41) is 4.43. The molecule has 0 aromatic rings. The molecule has 0 aromatic heterocycles. The van der Waals surface area contributed by atoms with Crippen molar-refractivity contribution >= 4 is 16.9 Å². The van der Waals surface area contributed by atoms with Crippen molar-refractivity contribution in [2.24, 2.45) is 5.73 Å². The van der Waals surface area contributed by atoms with Crippen LogP contribution in [0, 0.1) is 0 Å². The Balaban J connectivity index is 2.45. The van der Waals surface area contributed by atoms with E-state index in [1.54, 1.807) is 16.9 Å². The van der Waals surface area contributed by atoms with Crippen molar-refractivity contribution in [3.8, 4) is 0 Å². The number of hydrogen-bond acceptors (Lipinski definition) is 2. The van der Waals surface area contributed by atoms with Crippen LogP contribution < -0.4 is 11.1 Å². The maximum absolute atomic E-state index is 5.21. The minimum atomic E-state index is 0.757. The molecule has 0 bridgehead atoms. The van der Waals surface area contributed by atoms with Crippen LogP contribution in [0.3, 0.4) is 0 Å². The SMILES string of the molecule is NCCNCC[AsH2]. The first-order valence-corrected chi connectivity index (χ1v) is 4.24. The fraction of sp³-hybridized carbons (Fsp3) is 1.00. The Hall–Kier alpha value is 0.478. The molecule has 0 saturated carbocycles. The van der Waals surface area contributed by atoms with Gasteiger partial charge in [-0.2, -0.15) is 0 Å². The predicted molar refractivity (Wildman–Crippen MR) is 35.3 cm³/mol. The number of rotatable bonds is 4. The van der Waals surface area contributed by atoms with Crippen molar-refractivity contribution in [1.29, 1.82) is 0 Å². The molecule has 0 heterocycles. The van der Waals surface area contributed by atoms with Gasteiger partial charge in [-0.15, -0.1) is 0 Å². The number of nitrogens with one attached hydrogen (secondary N) is 1. The van der Waals surface area contributed by atoms with Crippen LogP contribution in [0.15, 0.2) is 0 Å². The summed E-state index contributed by atoms with van der Waals surface area (Å²) < 4.78 is 0. The van der Waals surface area contributed by atoms with E-state index in [2.05, 4.69) is 5.32 Å². The zero-order valence-corrected chi connectivity index (χ0v) is 6.91. The molecule has 0 aliphatic carbocycles. The van der Waals surface area contributed by atoms with Gasteiger partial charge in [-0.3, -0.25) is 0 Å². The molecule has 0 saturated heterocycles. The van der Waals surface area contributed by atoms with Crippen LogP contribution in [-0.2, 0) is 0 Å². The summed E-state index contributed by atoms with van der Waals surface area (Å²) in [6.45, 7) is 2.84. The number of nitrogens with two attached hydrogens (primary N) is 1. The Bertz CT molecular complexity index is 28.9. The Morgan fingerprint density at radius 1 is 1.43 bits per heavy atom. The molecule has 1 unspecified atom stereocenters. The van der Waals surface area contributed by atoms with E-state index in [0.29, 0.717) is 0 Å². The van der Waals surface area contributed by atoms with Crippen LogP contribution in [0.25, 0.3) is 0 Å². The van der Waals surface area contributed by atoms with Gasteiger partial charge in [0.1, 0.15) is 0 Å². The Morgan fingerprint density at radius 3 is 2.57 bits per heavy atom. The molecule has 0 fully saturated rings. The summed E-state index contributed by atoms with van der Waals surface area (Å²) in [6.07, 6.45) is 0. The average molecular weight is 164 g/mol. The van der Waals surface area contributed by atoms with Crippen molar-refractivity contribution in [2.75, 3.05) is 19.6 Å². The molecule has 0 rings (SSSR count). The summed E-state index contributed by atoms with van der Waals surface area (Å²) in [4.78, 5) is 0. The molecule has 3 heteroatoms. The van der Waals surface area contributed by atoms with Crippen molar-refractivity contribution in [2.45, 2.75) is 5.21 Å². The van der Waals surface area contributed by atoms with Gasteiger partial charge in [-0.1, -0.05) is 0 Å². The van der Waals surface area contributed by atoms with Gasteiger partial charge in [0.2, 0.25) is 0 Å². The minimum absolute atomic E-state index is 0.757. The first-order valence-electron chi connectivity index (χ1n) is 2.52. The van der Waals surface area contributed by atoms with Crippen molar-refractivity contribution in [3.05, 3.63) is 0 Å². The van der Waals surface area contributed by atoms with Gasteiger partial charge in [0.25, 0.3) is 0 Å². The van der Waals surface area contributed by atoms with Crippen molar-refractivity contribution in [3.63, 3.8) is 0 Å². The Morgan fingerprint density at radius 2 is 2.14 bits per heavy atom. The zero-order valence-electron chi connectivity index (χ0n) is 4.48. The summed E-state index contributed by atoms with van der Waals surface area (Å²) in [7, 11) is 0. The van der Waals surface area contributed by atoms with E-state index in [0.717, 1.165) is 19.6 Å². The summed E-state index contributed by atoms with van der Waals surface area (Å²) in [5.41, 5.74) is 5.21.